The number of nitrogens with zero attached hydrogens (tertiary/aromatic N) is 4. The summed E-state index contributed by atoms with van der Waals surface area (Å²) in [6.07, 6.45) is -1.08. The SMILES string of the molecule is Nc1nc2cc(-c3ccc(S(=O)(=O)N4CCC(Nc5ccc(C(F)(F)F)cn5)CC4)cc3)cnc2o1. The predicted octanol–water partition coefficient (Wildman–Crippen LogP) is 4.15. The standard InChI is InChI=1S/C23H21F3N6O3S/c24-23(25,26)16-3-6-20(28-13-16)30-17-7-9-32(10-8-17)36(33,34)18-4-1-14(2-5-18)15-11-19-21(29-12-15)35-22(27)31-19/h1-6,11-13,17H,7-10H2,(H2,27,31)(H,28,30). The molecule has 0 unspecified atom stereocenters. The number of fused-ring (bicyclic) bond motifs is 1. The number of hydrogen-bond donors (Lipinski definition) is 2. The van der Waals surface area contributed by atoms with Gasteiger partial charge >= 0.3 is 6.18 Å². The summed E-state index contributed by atoms with van der Waals surface area (Å²) in [6.45, 7) is 0.549. The van der Waals surface area contributed by atoms with Crippen LogP contribution in [0.15, 0.2) is 64.2 Å². The van der Waals surface area contributed by atoms with Gasteiger partial charge in [-0.25, -0.2) is 18.4 Å². The summed E-state index contributed by atoms with van der Waals surface area (Å²) in [5, 5.41) is 3.09. The van der Waals surface area contributed by atoms with E-state index in [4.69, 9.17) is 10.2 Å². The molecule has 0 saturated carbocycles. The zero-order valence-electron chi connectivity index (χ0n) is 18.7. The smallest absolute Gasteiger partial charge is 0.405 e. The van der Waals surface area contributed by atoms with Crippen molar-refractivity contribution in [2.45, 2.75) is 30.0 Å². The second kappa shape index (κ2) is 9.06. The Labute approximate surface area is 204 Å². The van der Waals surface area contributed by atoms with E-state index in [1.165, 1.54) is 10.4 Å². The van der Waals surface area contributed by atoms with Gasteiger partial charge in [-0.2, -0.15) is 22.5 Å². The molecule has 5 rings (SSSR count). The zero-order chi connectivity index (χ0) is 25.5. The largest absolute Gasteiger partial charge is 0.417 e. The van der Waals surface area contributed by atoms with Crippen LogP contribution in [0.4, 0.5) is 25.0 Å². The molecule has 0 atom stereocenters. The summed E-state index contributed by atoms with van der Waals surface area (Å²) in [5.41, 5.74) is 7.06. The number of alkyl halides is 3. The number of aromatic nitrogens is 3. The fourth-order valence-corrected chi connectivity index (χ4v) is 5.53. The van der Waals surface area contributed by atoms with Crippen molar-refractivity contribution in [2.75, 3.05) is 24.1 Å². The Bertz CT molecular complexity index is 1480. The first-order chi connectivity index (χ1) is 17.1. The number of halogens is 3. The highest BCUT2D eigenvalue weighted by Gasteiger charge is 2.32. The van der Waals surface area contributed by atoms with Gasteiger partial charge in [0.1, 0.15) is 11.3 Å². The summed E-state index contributed by atoms with van der Waals surface area (Å²) in [4.78, 5) is 12.2. The topological polar surface area (TPSA) is 127 Å². The number of benzene rings is 1. The Morgan fingerprint density at radius 1 is 1.00 bits per heavy atom. The first kappa shape index (κ1) is 24.0. The van der Waals surface area contributed by atoms with E-state index in [0.717, 1.165) is 23.4 Å². The summed E-state index contributed by atoms with van der Waals surface area (Å²) < 4.78 is 71.0. The predicted molar refractivity (Wildman–Crippen MR) is 126 cm³/mol. The minimum Gasteiger partial charge on any atom is -0.405 e. The first-order valence-electron chi connectivity index (χ1n) is 11.0. The van der Waals surface area contributed by atoms with Gasteiger partial charge in [0.05, 0.1) is 10.5 Å². The highest BCUT2D eigenvalue weighted by molar-refractivity contribution is 7.89. The van der Waals surface area contributed by atoms with Gasteiger partial charge in [0.25, 0.3) is 6.01 Å². The van der Waals surface area contributed by atoms with Gasteiger partial charge in [0.15, 0.2) is 0 Å². The number of oxazole rings is 1. The fraction of sp³-hybridized carbons (Fsp3) is 0.261. The number of nitrogens with one attached hydrogen (secondary N) is 1. The molecule has 3 N–H and O–H groups in total. The van der Waals surface area contributed by atoms with Crippen molar-refractivity contribution in [1.29, 1.82) is 0 Å². The number of piperidine rings is 1. The molecule has 1 saturated heterocycles. The Hall–Kier alpha value is -3.71. The lowest BCUT2D eigenvalue weighted by Crippen LogP contribution is -2.42. The number of anilines is 2. The van der Waals surface area contributed by atoms with Crippen LogP contribution in [0, 0.1) is 0 Å². The molecule has 0 spiro atoms. The zero-order valence-corrected chi connectivity index (χ0v) is 19.6. The first-order valence-corrected chi connectivity index (χ1v) is 12.5. The van der Waals surface area contributed by atoms with Crippen molar-refractivity contribution in [3.05, 3.63) is 60.4 Å². The van der Waals surface area contributed by atoms with E-state index in [2.05, 4.69) is 20.3 Å². The van der Waals surface area contributed by atoms with Gasteiger partial charge in [-0.05, 0) is 48.7 Å². The second-order valence-corrected chi connectivity index (χ2v) is 10.3. The van der Waals surface area contributed by atoms with E-state index >= 15 is 0 Å². The fourth-order valence-electron chi connectivity index (χ4n) is 4.06. The van der Waals surface area contributed by atoms with Crippen molar-refractivity contribution in [3.63, 3.8) is 0 Å². The summed E-state index contributed by atoms with van der Waals surface area (Å²) in [5.74, 6) is 0.320. The van der Waals surface area contributed by atoms with Crippen LogP contribution in [0.2, 0.25) is 0 Å². The third kappa shape index (κ3) is 4.84. The molecule has 0 bridgehead atoms. The van der Waals surface area contributed by atoms with Gasteiger partial charge in [0, 0.05) is 37.1 Å². The molecule has 1 aromatic carbocycles. The summed E-state index contributed by atoms with van der Waals surface area (Å²) in [7, 11) is -3.71. The maximum atomic E-state index is 13.1. The Balaban J connectivity index is 1.22. The average Bonchev–Trinajstić information content (AvgIpc) is 3.23. The Morgan fingerprint density at radius 2 is 1.72 bits per heavy atom. The van der Waals surface area contributed by atoms with Gasteiger partial charge in [0.2, 0.25) is 15.7 Å². The molecule has 1 fully saturated rings. The van der Waals surface area contributed by atoms with Gasteiger partial charge < -0.3 is 15.5 Å². The molecular weight excluding hydrogens is 497 g/mol. The molecule has 0 radical (unpaired) electrons. The van der Waals surface area contributed by atoms with Crippen LogP contribution >= 0.6 is 0 Å². The molecular formula is C23H21F3N6O3S. The molecule has 188 valence electrons. The third-order valence-electron chi connectivity index (χ3n) is 5.99. The molecule has 1 aliphatic heterocycles. The van der Waals surface area contributed by atoms with Crippen LogP contribution < -0.4 is 11.1 Å². The van der Waals surface area contributed by atoms with Crippen LogP contribution in [0.25, 0.3) is 22.4 Å². The van der Waals surface area contributed by atoms with Crippen molar-refractivity contribution >= 4 is 33.1 Å². The number of rotatable bonds is 5. The van der Waals surface area contributed by atoms with Gasteiger partial charge in [-0.15, -0.1) is 0 Å². The van der Waals surface area contributed by atoms with Crippen molar-refractivity contribution in [2.24, 2.45) is 0 Å². The van der Waals surface area contributed by atoms with Crippen LogP contribution in [0.1, 0.15) is 18.4 Å². The van der Waals surface area contributed by atoms with Crippen LogP contribution in [0.5, 0.6) is 0 Å². The van der Waals surface area contributed by atoms with Crippen LogP contribution in [0.3, 0.4) is 0 Å². The van der Waals surface area contributed by atoms with Crippen molar-refractivity contribution in [1.82, 2.24) is 19.3 Å². The summed E-state index contributed by atoms with van der Waals surface area (Å²) in [6, 6.07) is 10.4. The second-order valence-electron chi connectivity index (χ2n) is 8.38. The minimum absolute atomic E-state index is 0.0192. The van der Waals surface area contributed by atoms with Crippen LogP contribution in [-0.2, 0) is 16.2 Å². The normalized spacial score (nSPS) is 15.9. The Morgan fingerprint density at radius 3 is 2.36 bits per heavy atom. The molecule has 1 aliphatic rings. The highest BCUT2D eigenvalue weighted by Crippen LogP contribution is 2.30. The van der Waals surface area contributed by atoms with E-state index in [0.29, 0.717) is 29.9 Å². The quantitative estimate of drug-likeness (QED) is 0.403. The van der Waals surface area contributed by atoms with E-state index < -0.39 is 21.8 Å². The average molecular weight is 519 g/mol. The minimum atomic E-state index is -4.44. The molecule has 0 amide bonds. The van der Waals surface area contributed by atoms with Gasteiger partial charge in [-0.1, -0.05) is 12.1 Å². The lowest BCUT2D eigenvalue weighted by atomic mass is 10.1. The maximum Gasteiger partial charge on any atom is 0.417 e. The van der Waals surface area contributed by atoms with Crippen LogP contribution in [-0.4, -0.2) is 46.8 Å². The van der Waals surface area contributed by atoms with E-state index in [1.807, 2.05) is 0 Å². The number of sulfonamides is 1. The molecule has 4 heterocycles. The lowest BCUT2D eigenvalue weighted by molar-refractivity contribution is -0.137. The van der Waals surface area contributed by atoms with Gasteiger partial charge in [-0.3, -0.25) is 0 Å². The number of hydrogen-bond acceptors (Lipinski definition) is 8. The highest BCUT2D eigenvalue weighted by atomic mass is 32.2. The monoisotopic (exact) mass is 518 g/mol. The molecule has 4 aromatic rings. The summed E-state index contributed by atoms with van der Waals surface area (Å²) >= 11 is 0. The molecule has 9 nitrogen and oxygen atoms in total. The molecule has 3 aromatic heterocycles. The van der Waals surface area contributed by atoms with E-state index in [1.54, 1.807) is 36.5 Å². The number of pyridine rings is 2. The molecule has 0 aliphatic carbocycles. The Kier molecular flexibility index (Phi) is 6.04. The number of nitrogen functional groups attached to an aromatic ring is 1. The lowest BCUT2D eigenvalue weighted by Gasteiger charge is -2.32. The van der Waals surface area contributed by atoms with E-state index in [-0.39, 0.29) is 30.0 Å². The van der Waals surface area contributed by atoms with E-state index in [9.17, 15) is 21.6 Å². The third-order valence-corrected chi connectivity index (χ3v) is 7.90. The number of nitrogens with two attached hydrogens (primary N) is 1. The van der Waals surface area contributed by atoms with Crippen molar-refractivity contribution in [3.8, 4) is 11.1 Å². The molecule has 13 heteroatoms. The van der Waals surface area contributed by atoms with Crippen molar-refractivity contribution < 1.29 is 26.0 Å². The molecule has 36 heavy (non-hydrogen) atoms. The maximum absolute atomic E-state index is 13.1.